The van der Waals surface area contributed by atoms with E-state index in [1.54, 1.807) is 11.8 Å². The van der Waals surface area contributed by atoms with Crippen molar-refractivity contribution in [2.75, 3.05) is 24.0 Å². The third kappa shape index (κ3) is 7.28. The molecule has 0 radical (unpaired) electrons. The molecule has 0 spiro atoms. The summed E-state index contributed by atoms with van der Waals surface area (Å²) in [5.41, 5.74) is 0.327. The van der Waals surface area contributed by atoms with Gasteiger partial charge in [-0.2, -0.15) is 5.26 Å². The fourth-order valence-electron chi connectivity index (χ4n) is 4.07. The number of carbonyl (C=O) groups excluding carboxylic acids is 2. The van der Waals surface area contributed by atoms with Crippen LogP contribution in [0.25, 0.3) is 0 Å². The predicted molar refractivity (Wildman–Crippen MR) is 141 cm³/mol. The van der Waals surface area contributed by atoms with Gasteiger partial charge in [-0.25, -0.2) is 14.6 Å². The molecule has 0 aliphatic heterocycles. The van der Waals surface area contributed by atoms with Crippen molar-refractivity contribution in [2.24, 2.45) is 0 Å². The summed E-state index contributed by atoms with van der Waals surface area (Å²) in [5.74, 6) is -0.0176. The van der Waals surface area contributed by atoms with Crippen LogP contribution in [0.2, 0.25) is 0 Å². The van der Waals surface area contributed by atoms with Crippen molar-refractivity contribution in [3.63, 3.8) is 0 Å². The minimum atomic E-state index is -0.656. The molecule has 0 saturated heterocycles. The first-order valence-corrected chi connectivity index (χ1v) is 13.1. The molecule has 1 aromatic carbocycles. The van der Waals surface area contributed by atoms with E-state index in [9.17, 15) is 14.9 Å². The molecular formula is C26H33N5O4S. The average Bonchev–Trinajstić information content (AvgIpc) is 2.83. The van der Waals surface area contributed by atoms with Gasteiger partial charge in [0, 0.05) is 16.6 Å². The van der Waals surface area contributed by atoms with Crippen molar-refractivity contribution < 1.29 is 19.1 Å². The Morgan fingerprint density at radius 3 is 2.53 bits per heavy atom. The monoisotopic (exact) mass is 511 g/mol. The summed E-state index contributed by atoms with van der Waals surface area (Å²) in [7, 11) is 1.27. The van der Waals surface area contributed by atoms with Gasteiger partial charge in [0.1, 0.15) is 28.9 Å². The van der Waals surface area contributed by atoms with Gasteiger partial charge in [0.15, 0.2) is 0 Å². The Morgan fingerprint density at radius 1 is 1.17 bits per heavy atom. The Morgan fingerprint density at radius 2 is 1.89 bits per heavy atom. The normalized spacial score (nSPS) is 17.4. The van der Waals surface area contributed by atoms with E-state index in [0.717, 1.165) is 36.3 Å². The number of nitrogens with zero attached hydrogens (tertiary/aromatic N) is 2. The number of carbonyl (C=O) groups is 2. The van der Waals surface area contributed by atoms with Crippen LogP contribution in [0.4, 0.5) is 22.1 Å². The lowest BCUT2D eigenvalue weighted by atomic mass is 9.90. The lowest BCUT2D eigenvalue weighted by Gasteiger charge is -2.34. The number of aromatic nitrogens is 1. The van der Waals surface area contributed by atoms with E-state index in [4.69, 9.17) is 9.47 Å². The van der Waals surface area contributed by atoms with Crippen molar-refractivity contribution in [1.29, 1.82) is 5.26 Å². The summed E-state index contributed by atoms with van der Waals surface area (Å²) in [6.07, 6.45) is 5.07. The van der Waals surface area contributed by atoms with Crippen LogP contribution in [-0.2, 0) is 9.47 Å². The number of alkyl carbamates (subject to hydrolysis) is 1. The lowest BCUT2D eigenvalue weighted by molar-refractivity contribution is 0.0487. The number of ether oxygens (including phenoxy) is 2. The van der Waals surface area contributed by atoms with Crippen LogP contribution in [0, 0.1) is 11.3 Å². The first kappa shape index (κ1) is 27.1. The highest BCUT2D eigenvalue weighted by atomic mass is 32.2. The molecule has 1 amide bonds. The van der Waals surface area contributed by atoms with Crippen LogP contribution in [0.5, 0.6) is 0 Å². The number of nitrogens with one attached hydrogen (secondary N) is 3. The second-order valence-electron chi connectivity index (χ2n) is 9.53. The molecule has 2 atom stereocenters. The molecule has 3 rings (SSSR count). The summed E-state index contributed by atoms with van der Waals surface area (Å²) in [6.45, 7) is 5.47. The maximum Gasteiger partial charge on any atom is 0.407 e. The van der Waals surface area contributed by atoms with E-state index in [1.807, 2.05) is 51.3 Å². The quantitative estimate of drug-likeness (QED) is 0.328. The molecule has 1 fully saturated rings. The number of thioether (sulfide) groups is 1. The van der Waals surface area contributed by atoms with Gasteiger partial charge in [0.2, 0.25) is 0 Å². The Hall–Kier alpha value is -3.45. The molecule has 0 bridgehead atoms. The number of hydrogen-bond acceptors (Lipinski definition) is 9. The topological polar surface area (TPSA) is 125 Å². The highest BCUT2D eigenvalue weighted by molar-refractivity contribution is 7.98. The van der Waals surface area contributed by atoms with Crippen molar-refractivity contribution in [1.82, 2.24) is 10.3 Å². The van der Waals surface area contributed by atoms with Crippen molar-refractivity contribution in [3.05, 3.63) is 41.5 Å². The average molecular weight is 512 g/mol. The van der Waals surface area contributed by atoms with Gasteiger partial charge in [-0.1, -0.05) is 18.9 Å². The fraction of sp³-hybridized carbons (Fsp3) is 0.462. The molecular weight excluding hydrogens is 478 g/mol. The summed E-state index contributed by atoms with van der Waals surface area (Å²) in [5, 5.41) is 19.4. The van der Waals surface area contributed by atoms with Crippen LogP contribution in [0.15, 0.2) is 35.2 Å². The zero-order chi connectivity index (χ0) is 26.3. The minimum Gasteiger partial charge on any atom is -0.465 e. The van der Waals surface area contributed by atoms with E-state index in [2.05, 4.69) is 27.0 Å². The standard InChI is InChI=1S/C26H33N5O4S/c1-26(2,3)35-25(33)30-20-12-7-6-11-19(20)29-21-13-16(15-27)22(24(32)34-4)23(31-21)28-17-9-8-10-18(14-17)36-5/h8-10,13-14,19-20H,6-7,11-12H2,1-5H3,(H,30,33)(H2,28,29,31)/t19?,20-/m0/s1. The molecule has 1 aliphatic rings. The van der Waals surface area contributed by atoms with Crippen molar-refractivity contribution in [3.8, 4) is 6.07 Å². The second kappa shape index (κ2) is 12.0. The maximum atomic E-state index is 12.6. The zero-order valence-electron chi connectivity index (χ0n) is 21.3. The molecule has 1 saturated carbocycles. The Bertz CT molecular complexity index is 1140. The number of esters is 1. The molecule has 3 N–H and O–H groups in total. The number of benzene rings is 1. The molecule has 1 aliphatic carbocycles. The van der Waals surface area contributed by atoms with Gasteiger partial charge in [-0.15, -0.1) is 11.8 Å². The first-order valence-electron chi connectivity index (χ1n) is 11.8. The summed E-state index contributed by atoms with van der Waals surface area (Å²) in [6, 6.07) is 11.0. The Balaban J connectivity index is 1.91. The third-order valence-corrected chi connectivity index (χ3v) is 6.39. The summed E-state index contributed by atoms with van der Waals surface area (Å²) >= 11 is 1.59. The summed E-state index contributed by atoms with van der Waals surface area (Å²) < 4.78 is 10.4. The van der Waals surface area contributed by atoms with E-state index in [0.29, 0.717) is 5.82 Å². The lowest BCUT2D eigenvalue weighted by Crippen LogP contribution is -2.49. The molecule has 10 heteroatoms. The molecule has 1 aromatic heterocycles. The third-order valence-electron chi connectivity index (χ3n) is 5.66. The van der Waals surface area contributed by atoms with Gasteiger partial charge in [-0.05, 0) is 64.1 Å². The second-order valence-corrected chi connectivity index (χ2v) is 10.4. The van der Waals surface area contributed by atoms with E-state index in [1.165, 1.54) is 13.2 Å². The highest BCUT2D eigenvalue weighted by Gasteiger charge is 2.29. The number of nitriles is 1. The number of pyridine rings is 1. The van der Waals surface area contributed by atoms with E-state index >= 15 is 0 Å². The van der Waals surface area contributed by atoms with E-state index < -0.39 is 17.7 Å². The van der Waals surface area contributed by atoms with Crippen LogP contribution < -0.4 is 16.0 Å². The SMILES string of the molecule is COC(=O)c1c(C#N)cc(NC2CCCC[C@@H]2NC(=O)OC(C)(C)C)nc1Nc1cccc(SC)c1. The molecule has 36 heavy (non-hydrogen) atoms. The largest absolute Gasteiger partial charge is 0.465 e. The van der Waals surface area contributed by atoms with E-state index in [-0.39, 0.29) is 29.0 Å². The fourth-order valence-corrected chi connectivity index (χ4v) is 4.53. The number of methoxy groups -OCH3 is 1. The van der Waals surface area contributed by atoms with Gasteiger partial charge in [0.05, 0.1) is 18.7 Å². The number of amides is 1. The molecule has 192 valence electrons. The molecule has 2 aromatic rings. The number of rotatable bonds is 7. The maximum absolute atomic E-state index is 12.6. The first-order chi connectivity index (χ1) is 17.1. The Labute approximate surface area is 216 Å². The van der Waals surface area contributed by atoms with Crippen LogP contribution in [-0.4, -0.2) is 48.1 Å². The zero-order valence-corrected chi connectivity index (χ0v) is 22.1. The number of hydrogen-bond donors (Lipinski definition) is 3. The minimum absolute atomic E-state index is 0.0622. The van der Waals surface area contributed by atoms with Crippen LogP contribution in [0.1, 0.15) is 62.4 Å². The molecule has 1 unspecified atom stereocenters. The van der Waals surface area contributed by atoms with Gasteiger partial charge in [-0.3, -0.25) is 0 Å². The van der Waals surface area contributed by atoms with Crippen LogP contribution >= 0.6 is 11.8 Å². The van der Waals surface area contributed by atoms with Crippen molar-refractivity contribution in [2.45, 2.75) is 69.0 Å². The van der Waals surface area contributed by atoms with Gasteiger partial charge in [0.25, 0.3) is 0 Å². The highest BCUT2D eigenvalue weighted by Crippen LogP contribution is 2.29. The van der Waals surface area contributed by atoms with Gasteiger partial charge >= 0.3 is 12.1 Å². The smallest absolute Gasteiger partial charge is 0.407 e. The summed E-state index contributed by atoms with van der Waals surface area (Å²) in [4.78, 5) is 30.7. The molecule has 1 heterocycles. The van der Waals surface area contributed by atoms with Crippen molar-refractivity contribution >= 4 is 41.1 Å². The predicted octanol–water partition coefficient (Wildman–Crippen LogP) is 5.45. The van der Waals surface area contributed by atoms with Gasteiger partial charge < -0.3 is 25.4 Å². The molecule has 9 nitrogen and oxygen atoms in total. The van der Waals surface area contributed by atoms with Crippen LogP contribution in [0.3, 0.4) is 0 Å². The number of anilines is 3. The Kier molecular flexibility index (Phi) is 9.04.